The van der Waals surface area contributed by atoms with E-state index < -0.39 is 12.0 Å². The second kappa shape index (κ2) is 3.48. The monoisotopic (exact) mass is 166 g/mol. The van der Waals surface area contributed by atoms with Crippen LogP contribution in [0.25, 0.3) is 0 Å². The van der Waals surface area contributed by atoms with E-state index in [1.54, 1.807) is 18.2 Å². The van der Waals surface area contributed by atoms with Crippen molar-refractivity contribution in [2.75, 3.05) is 0 Å². The van der Waals surface area contributed by atoms with E-state index in [0.29, 0.717) is 5.56 Å². The summed E-state index contributed by atoms with van der Waals surface area (Å²) in [7, 11) is 0. The zero-order chi connectivity index (χ0) is 9.14. The maximum atomic E-state index is 12.6. The Kier molecular flexibility index (Phi) is 2.58. The minimum absolute atomic E-state index is 0.446. The van der Waals surface area contributed by atoms with Crippen molar-refractivity contribution < 1.29 is 9.18 Å². The molecule has 0 N–H and O–H groups in total. The highest BCUT2D eigenvalue weighted by Gasteiger charge is 2.12. The Hall–Kier alpha value is -1.18. The van der Waals surface area contributed by atoms with Crippen molar-refractivity contribution in [1.82, 2.24) is 0 Å². The summed E-state index contributed by atoms with van der Waals surface area (Å²) in [5, 5.41) is 0. The molecule has 0 amide bonds. The van der Waals surface area contributed by atoms with Crippen LogP contribution in [0.5, 0.6) is 0 Å². The number of alkyl halides is 1. The number of ketones is 1. The minimum atomic E-state index is -1.41. The molecule has 2 heteroatoms. The normalized spacial score (nSPS) is 12.6. The standard InChI is InChI=1S/C10H11FO/c1-7-4-3-5-9(6-7)10(12)8(2)11/h3-6,8H,1-2H3. The molecule has 0 aliphatic rings. The molecule has 0 fully saturated rings. The number of carbonyl (C=O) groups is 1. The van der Waals surface area contributed by atoms with Gasteiger partial charge in [0.25, 0.3) is 0 Å². The lowest BCUT2D eigenvalue weighted by molar-refractivity contribution is 0.0893. The van der Waals surface area contributed by atoms with Crippen molar-refractivity contribution in [3.05, 3.63) is 35.4 Å². The summed E-state index contributed by atoms with van der Waals surface area (Å²) in [4.78, 5) is 11.1. The van der Waals surface area contributed by atoms with Gasteiger partial charge in [-0.15, -0.1) is 0 Å². The largest absolute Gasteiger partial charge is 0.291 e. The number of rotatable bonds is 2. The van der Waals surface area contributed by atoms with E-state index in [0.717, 1.165) is 5.56 Å². The molecule has 0 aromatic heterocycles. The Bertz CT molecular complexity index is 292. The summed E-state index contributed by atoms with van der Waals surface area (Å²) in [6, 6.07) is 6.95. The molecular formula is C10H11FO. The molecule has 1 aromatic rings. The molecule has 64 valence electrons. The van der Waals surface area contributed by atoms with Crippen LogP contribution in [0.15, 0.2) is 24.3 Å². The van der Waals surface area contributed by atoms with Gasteiger partial charge >= 0.3 is 0 Å². The maximum absolute atomic E-state index is 12.6. The molecule has 1 unspecified atom stereocenters. The third-order valence-electron chi connectivity index (χ3n) is 1.66. The summed E-state index contributed by atoms with van der Waals surface area (Å²) in [6.07, 6.45) is -1.41. The number of hydrogen-bond donors (Lipinski definition) is 0. The van der Waals surface area contributed by atoms with Crippen LogP contribution in [0, 0.1) is 6.92 Å². The van der Waals surface area contributed by atoms with Crippen LogP contribution in [-0.2, 0) is 0 Å². The fourth-order valence-corrected chi connectivity index (χ4v) is 1.03. The first-order valence-corrected chi connectivity index (χ1v) is 3.86. The molecule has 1 nitrogen and oxygen atoms in total. The van der Waals surface area contributed by atoms with Gasteiger partial charge in [0, 0.05) is 5.56 Å². The second-order valence-corrected chi connectivity index (χ2v) is 2.85. The summed E-state index contributed by atoms with van der Waals surface area (Å²) >= 11 is 0. The molecule has 0 saturated heterocycles. The Morgan fingerprint density at radius 3 is 2.67 bits per heavy atom. The van der Waals surface area contributed by atoms with Crippen molar-refractivity contribution in [1.29, 1.82) is 0 Å². The predicted octanol–water partition coefficient (Wildman–Crippen LogP) is 2.54. The number of aryl methyl sites for hydroxylation is 1. The molecule has 0 aliphatic carbocycles. The van der Waals surface area contributed by atoms with Crippen LogP contribution in [0.3, 0.4) is 0 Å². The summed E-state index contributed by atoms with van der Waals surface area (Å²) in [5.41, 5.74) is 1.42. The molecule has 0 aliphatic heterocycles. The van der Waals surface area contributed by atoms with Gasteiger partial charge in [0.05, 0.1) is 0 Å². The van der Waals surface area contributed by atoms with Gasteiger partial charge in [0.2, 0.25) is 0 Å². The highest BCUT2D eigenvalue weighted by molar-refractivity contribution is 5.99. The van der Waals surface area contributed by atoms with Crippen LogP contribution in [0.1, 0.15) is 22.8 Å². The van der Waals surface area contributed by atoms with Crippen LogP contribution in [0.2, 0.25) is 0 Å². The minimum Gasteiger partial charge on any atom is -0.291 e. The van der Waals surface area contributed by atoms with Crippen molar-refractivity contribution in [2.45, 2.75) is 20.0 Å². The van der Waals surface area contributed by atoms with Crippen LogP contribution in [0.4, 0.5) is 4.39 Å². The quantitative estimate of drug-likeness (QED) is 0.617. The molecule has 12 heavy (non-hydrogen) atoms. The van der Waals surface area contributed by atoms with E-state index in [9.17, 15) is 9.18 Å². The van der Waals surface area contributed by atoms with E-state index in [1.165, 1.54) is 6.92 Å². The summed E-state index contributed by atoms with van der Waals surface area (Å²) in [5.74, 6) is -0.446. The number of hydrogen-bond acceptors (Lipinski definition) is 1. The van der Waals surface area contributed by atoms with Gasteiger partial charge in [-0.05, 0) is 19.9 Å². The fourth-order valence-electron chi connectivity index (χ4n) is 1.03. The van der Waals surface area contributed by atoms with Crippen molar-refractivity contribution >= 4 is 5.78 Å². The average Bonchev–Trinajstić information content (AvgIpc) is 2.03. The molecule has 0 heterocycles. The van der Waals surface area contributed by atoms with Crippen molar-refractivity contribution in [2.24, 2.45) is 0 Å². The van der Waals surface area contributed by atoms with Gasteiger partial charge in [-0.2, -0.15) is 0 Å². The lowest BCUT2D eigenvalue weighted by atomic mass is 10.1. The molecule has 1 aromatic carbocycles. The fraction of sp³-hybridized carbons (Fsp3) is 0.300. The van der Waals surface area contributed by atoms with Crippen LogP contribution >= 0.6 is 0 Å². The third-order valence-corrected chi connectivity index (χ3v) is 1.66. The molecule has 1 rings (SSSR count). The van der Waals surface area contributed by atoms with E-state index in [1.807, 2.05) is 13.0 Å². The lowest BCUT2D eigenvalue weighted by Gasteiger charge is -2.01. The van der Waals surface area contributed by atoms with Gasteiger partial charge in [0.15, 0.2) is 12.0 Å². The van der Waals surface area contributed by atoms with Crippen molar-refractivity contribution in [3.63, 3.8) is 0 Å². The summed E-state index contributed by atoms with van der Waals surface area (Å²) < 4.78 is 12.6. The second-order valence-electron chi connectivity index (χ2n) is 2.85. The third kappa shape index (κ3) is 1.91. The molecule has 0 radical (unpaired) electrons. The molecule has 0 saturated carbocycles. The van der Waals surface area contributed by atoms with Crippen LogP contribution < -0.4 is 0 Å². The maximum Gasteiger partial charge on any atom is 0.196 e. The van der Waals surface area contributed by atoms with E-state index >= 15 is 0 Å². The van der Waals surface area contributed by atoms with Gasteiger partial charge in [-0.25, -0.2) is 4.39 Å². The highest BCUT2D eigenvalue weighted by Crippen LogP contribution is 2.08. The SMILES string of the molecule is Cc1cccc(C(=O)C(C)F)c1. The first-order valence-electron chi connectivity index (χ1n) is 3.86. The van der Waals surface area contributed by atoms with E-state index in [-0.39, 0.29) is 0 Å². The lowest BCUT2D eigenvalue weighted by Crippen LogP contribution is -2.11. The Labute approximate surface area is 71.2 Å². The number of halogens is 1. The number of benzene rings is 1. The Balaban J connectivity index is 2.96. The zero-order valence-electron chi connectivity index (χ0n) is 7.17. The van der Waals surface area contributed by atoms with Crippen LogP contribution in [-0.4, -0.2) is 12.0 Å². The average molecular weight is 166 g/mol. The number of Topliss-reactive ketones (excluding diaryl/α,β-unsaturated/α-hetero) is 1. The topological polar surface area (TPSA) is 17.1 Å². The zero-order valence-corrected chi connectivity index (χ0v) is 7.17. The number of carbonyl (C=O) groups excluding carboxylic acids is 1. The molecule has 0 spiro atoms. The van der Waals surface area contributed by atoms with Gasteiger partial charge in [-0.1, -0.05) is 23.8 Å². The highest BCUT2D eigenvalue weighted by atomic mass is 19.1. The smallest absolute Gasteiger partial charge is 0.196 e. The first-order chi connectivity index (χ1) is 5.61. The molecular weight excluding hydrogens is 155 g/mol. The van der Waals surface area contributed by atoms with Crippen molar-refractivity contribution in [3.8, 4) is 0 Å². The van der Waals surface area contributed by atoms with Gasteiger partial charge in [-0.3, -0.25) is 4.79 Å². The van der Waals surface area contributed by atoms with Gasteiger partial charge in [0.1, 0.15) is 0 Å². The Morgan fingerprint density at radius 2 is 2.17 bits per heavy atom. The Morgan fingerprint density at radius 1 is 1.50 bits per heavy atom. The molecule has 0 bridgehead atoms. The predicted molar refractivity (Wildman–Crippen MR) is 46.1 cm³/mol. The molecule has 1 atom stereocenters. The van der Waals surface area contributed by atoms with E-state index in [2.05, 4.69) is 0 Å². The van der Waals surface area contributed by atoms with E-state index in [4.69, 9.17) is 0 Å². The summed E-state index contributed by atoms with van der Waals surface area (Å²) in [6.45, 7) is 3.13. The first kappa shape index (κ1) is 8.91. The van der Waals surface area contributed by atoms with Gasteiger partial charge < -0.3 is 0 Å².